The topological polar surface area (TPSA) is 26.3 Å². The van der Waals surface area contributed by atoms with E-state index in [1.807, 2.05) is 18.2 Å². The number of hydrogen-bond donors (Lipinski definition) is 0. The van der Waals surface area contributed by atoms with Gasteiger partial charge in [-0.25, -0.2) is 0 Å². The van der Waals surface area contributed by atoms with Crippen molar-refractivity contribution in [2.75, 3.05) is 0 Å². The molecule has 2 heterocycles. The van der Waals surface area contributed by atoms with Crippen LogP contribution in [0.25, 0.3) is 55.0 Å². The zero-order valence-electron chi connectivity index (χ0n) is 14.8. The van der Waals surface area contributed by atoms with Gasteiger partial charge in [-0.2, -0.15) is 0 Å². The average molecular weight is 346 g/mol. The SMILES string of the molecule is Bc1ccc2oc3ccc(-c4ccc5oc6ccccc6c5c4)cc3c2c1. The highest BCUT2D eigenvalue weighted by Gasteiger charge is 2.11. The molecule has 0 N–H and O–H groups in total. The van der Waals surface area contributed by atoms with Crippen LogP contribution < -0.4 is 5.46 Å². The van der Waals surface area contributed by atoms with Gasteiger partial charge in [-0.15, -0.1) is 0 Å². The Morgan fingerprint density at radius 1 is 0.481 bits per heavy atom. The summed E-state index contributed by atoms with van der Waals surface area (Å²) in [5.74, 6) is 0. The molecule has 0 amide bonds. The molecular weight excluding hydrogens is 331 g/mol. The first kappa shape index (κ1) is 14.7. The Morgan fingerprint density at radius 2 is 1.00 bits per heavy atom. The van der Waals surface area contributed by atoms with E-state index in [1.165, 1.54) is 22.0 Å². The van der Waals surface area contributed by atoms with Crippen molar-refractivity contribution in [3.05, 3.63) is 78.9 Å². The molecule has 2 aromatic heterocycles. The lowest BCUT2D eigenvalue weighted by Crippen LogP contribution is -1.98. The molecule has 2 nitrogen and oxygen atoms in total. The molecule has 0 radical (unpaired) electrons. The third-order valence-corrected chi connectivity index (χ3v) is 5.33. The molecule has 0 bridgehead atoms. The smallest absolute Gasteiger partial charge is 0.139 e. The van der Waals surface area contributed by atoms with Crippen LogP contribution in [0.1, 0.15) is 0 Å². The summed E-state index contributed by atoms with van der Waals surface area (Å²) in [5, 5.41) is 4.63. The monoisotopic (exact) mass is 346 g/mol. The van der Waals surface area contributed by atoms with Gasteiger partial charge in [0.05, 0.1) is 0 Å². The molecule has 6 rings (SSSR count). The standard InChI is InChI=1S/C24H15BO2/c25-16-7-10-24-20(13-16)19-12-15(6-9-23(19)27-24)14-5-8-22-18(11-14)17-3-1-2-4-21(17)26-22/h1-13H,25H2. The van der Waals surface area contributed by atoms with Crippen molar-refractivity contribution in [3.8, 4) is 11.1 Å². The van der Waals surface area contributed by atoms with Gasteiger partial charge < -0.3 is 8.83 Å². The minimum atomic E-state index is 0.922. The number of fused-ring (bicyclic) bond motifs is 6. The maximum Gasteiger partial charge on any atom is 0.139 e. The lowest BCUT2D eigenvalue weighted by Gasteiger charge is -2.02. The summed E-state index contributed by atoms with van der Waals surface area (Å²) in [5.41, 5.74) is 7.30. The van der Waals surface area contributed by atoms with Crippen LogP contribution in [0.4, 0.5) is 0 Å². The Hall–Kier alpha value is -3.46. The minimum Gasteiger partial charge on any atom is -0.456 e. The molecule has 4 aromatic carbocycles. The second kappa shape index (κ2) is 5.27. The molecule has 27 heavy (non-hydrogen) atoms. The summed E-state index contributed by atoms with van der Waals surface area (Å²) in [6.07, 6.45) is 0. The Bertz CT molecular complexity index is 1490. The molecule has 126 valence electrons. The molecule has 3 heteroatoms. The predicted molar refractivity (Wildman–Crippen MR) is 115 cm³/mol. The van der Waals surface area contributed by atoms with E-state index in [1.54, 1.807) is 0 Å². The molecule has 0 unspecified atom stereocenters. The van der Waals surface area contributed by atoms with Crippen molar-refractivity contribution in [3.63, 3.8) is 0 Å². The maximum atomic E-state index is 6.00. The molecule has 0 fully saturated rings. The van der Waals surface area contributed by atoms with Gasteiger partial charge in [-0.1, -0.05) is 47.9 Å². The zero-order valence-corrected chi connectivity index (χ0v) is 14.8. The van der Waals surface area contributed by atoms with E-state index in [4.69, 9.17) is 8.83 Å². The minimum absolute atomic E-state index is 0.922. The van der Waals surface area contributed by atoms with E-state index in [9.17, 15) is 0 Å². The van der Waals surface area contributed by atoms with Gasteiger partial charge in [0.15, 0.2) is 0 Å². The van der Waals surface area contributed by atoms with Gasteiger partial charge in [-0.3, -0.25) is 0 Å². The van der Waals surface area contributed by atoms with Crippen LogP contribution >= 0.6 is 0 Å². The van der Waals surface area contributed by atoms with Gasteiger partial charge in [0.2, 0.25) is 0 Å². The largest absolute Gasteiger partial charge is 0.456 e. The summed E-state index contributed by atoms with van der Waals surface area (Å²) in [6.45, 7) is 0. The highest BCUT2D eigenvalue weighted by atomic mass is 16.3. The highest BCUT2D eigenvalue weighted by molar-refractivity contribution is 6.33. The quantitative estimate of drug-likeness (QED) is 0.372. The Kier molecular flexibility index (Phi) is 2.87. The lowest BCUT2D eigenvalue weighted by atomic mass is 9.94. The first-order chi connectivity index (χ1) is 13.3. The molecule has 0 saturated heterocycles. The van der Waals surface area contributed by atoms with E-state index < -0.39 is 0 Å². The van der Waals surface area contributed by atoms with E-state index in [2.05, 4.69) is 68.5 Å². The fourth-order valence-corrected chi connectivity index (χ4v) is 3.98. The highest BCUT2D eigenvalue weighted by Crippen LogP contribution is 2.35. The fourth-order valence-electron chi connectivity index (χ4n) is 3.98. The molecule has 0 spiro atoms. The summed E-state index contributed by atoms with van der Waals surface area (Å²) in [4.78, 5) is 0. The second-order valence-electron chi connectivity index (χ2n) is 7.12. The van der Waals surface area contributed by atoms with Crippen LogP contribution in [0.3, 0.4) is 0 Å². The molecule has 6 aromatic rings. The van der Waals surface area contributed by atoms with Crippen molar-refractivity contribution < 1.29 is 8.83 Å². The molecule has 0 atom stereocenters. The molecule has 0 aliphatic rings. The first-order valence-corrected chi connectivity index (χ1v) is 9.11. The van der Waals surface area contributed by atoms with E-state index >= 15 is 0 Å². The van der Waals surface area contributed by atoms with Crippen molar-refractivity contribution in [1.29, 1.82) is 0 Å². The number of rotatable bonds is 1. The maximum absolute atomic E-state index is 6.00. The van der Waals surface area contributed by atoms with E-state index in [0.717, 1.165) is 38.5 Å². The van der Waals surface area contributed by atoms with Gasteiger partial charge in [-0.05, 0) is 47.5 Å². The summed E-state index contributed by atoms with van der Waals surface area (Å²) in [6, 6.07) is 27.3. The molecule has 0 saturated carbocycles. The van der Waals surface area contributed by atoms with Crippen LogP contribution in [-0.4, -0.2) is 7.85 Å². The number of furan rings is 2. The third-order valence-electron chi connectivity index (χ3n) is 5.33. The molecule has 0 aliphatic carbocycles. The van der Waals surface area contributed by atoms with Crippen molar-refractivity contribution in [2.24, 2.45) is 0 Å². The van der Waals surface area contributed by atoms with E-state index in [0.29, 0.717) is 0 Å². The van der Waals surface area contributed by atoms with Crippen molar-refractivity contribution >= 4 is 57.2 Å². The molecule has 0 aliphatic heterocycles. The Labute approximate surface area is 156 Å². The van der Waals surface area contributed by atoms with Gasteiger partial charge in [0.1, 0.15) is 30.2 Å². The fraction of sp³-hybridized carbons (Fsp3) is 0. The average Bonchev–Trinajstić information content (AvgIpc) is 3.25. The van der Waals surface area contributed by atoms with Crippen LogP contribution in [0, 0.1) is 0 Å². The lowest BCUT2D eigenvalue weighted by molar-refractivity contribution is 0.668. The number of hydrogen-bond acceptors (Lipinski definition) is 2. The Morgan fingerprint density at radius 3 is 1.70 bits per heavy atom. The van der Waals surface area contributed by atoms with Crippen LogP contribution in [0.2, 0.25) is 0 Å². The number of para-hydroxylation sites is 1. The normalized spacial score (nSPS) is 11.9. The predicted octanol–water partition coefficient (Wildman–Crippen LogP) is 5.41. The van der Waals surface area contributed by atoms with Crippen molar-refractivity contribution in [2.45, 2.75) is 0 Å². The summed E-state index contributed by atoms with van der Waals surface area (Å²) in [7, 11) is 2.11. The Balaban J connectivity index is 1.61. The van der Waals surface area contributed by atoms with E-state index in [-0.39, 0.29) is 0 Å². The third kappa shape index (κ3) is 2.15. The van der Waals surface area contributed by atoms with Crippen LogP contribution in [0.5, 0.6) is 0 Å². The van der Waals surface area contributed by atoms with Crippen LogP contribution in [-0.2, 0) is 0 Å². The van der Waals surface area contributed by atoms with Crippen molar-refractivity contribution in [1.82, 2.24) is 0 Å². The van der Waals surface area contributed by atoms with Gasteiger partial charge >= 0.3 is 0 Å². The van der Waals surface area contributed by atoms with Gasteiger partial charge in [0.25, 0.3) is 0 Å². The molecular formula is C24H15BO2. The van der Waals surface area contributed by atoms with Gasteiger partial charge in [0, 0.05) is 21.5 Å². The first-order valence-electron chi connectivity index (χ1n) is 9.11. The second-order valence-corrected chi connectivity index (χ2v) is 7.12. The summed E-state index contributed by atoms with van der Waals surface area (Å²) < 4.78 is 12.0. The zero-order chi connectivity index (χ0) is 18.0. The number of benzene rings is 4. The van der Waals surface area contributed by atoms with Crippen LogP contribution in [0.15, 0.2) is 87.7 Å². The summed E-state index contributed by atoms with van der Waals surface area (Å²) >= 11 is 0.